The van der Waals surface area contributed by atoms with Crippen LogP contribution in [0.2, 0.25) is 0 Å². The fourth-order valence-corrected chi connectivity index (χ4v) is 2.14. The zero-order valence-corrected chi connectivity index (χ0v) is 10.9. The van der Waals surface area contributed by atoms with E-state index in [-0.39, 0.29) is 6.61 Å². The van der Waals surface area contributed by atoms with Crippen LogP contribution in [0.4, 0.5) is 0 Å². The minimum absolute atomic E-state index is 0.198. The second-order valence-corrected chi connectivity index (χ2v) is 4.73. The highest BCUT2D eigenvalue weighted by Gasteiger charge is 2.02. The molecule has 0 unspecified atom stereocenters. The van der Waals surface area contributed by atoms with Crippen molar-refractivity contribution in [3.05, 3.63) is 46.8 Å². The van der Waals surface area contributed by atoms with Crippen LogP contribution in [0.15, 0.2) is 24.4 Å². The normalized spacial score (nSPS) is 10.8. The van der Waals surface area contributed by atoms with Crippen LogP contribution in [0.25, 0.3) is 0 Å². The number of hydrogen-bond acceptors (Lipinski definition) is 3. The van der Waals surface area contributed by atoms with Gasteiger partial charge < -0.3 is 5.11 Å². The maximum Gasteiger partial charge on any atom is 0.0828 e. The third kappa shape index (κ3) is 3.40. The average Bonchev–Trinajstić information content (AvgIpc) is 2.72. The standard InChI is InChI=1S/C14H19N3O/c1-11-6-12(2)8-13(7-11)9-17-10-14(15-16-17)4-3-5-18/h6-8,10,18H,3-5,9H2,1-2H3. The zero-order chi connectivity index (χ0) is 13.0. The summed E-state index contributed by atoms with van der Waals surface area (Å²) in [5.74, 6) is 0. The molecule has 2 rings (SSSR count). The van der Waals surface area contributed by atoms with Gasteiger partial charge in [0.25, 0.3) is 0 Å². The van der Waals surface area contributed by atoms with E-state index in [0.29, 0.717) is 0 Å². The van der Waals surface area contributed by atoms with Crippen LogP contribution >= 0.6 is 0 Å². The third-order valence-corrected chi connectivity index (χ3v) is 2.80. The zero-order valence-electron chi connectivity index (χ0n) is 10.9. The first-order valence-electron chi connectivity index (χ1n) is 6.24. The molecule has 0 saturated carbocycles. The highest BCUT2D eigenvalue weighted by molar-refractivity contribution is 5.28. The van der Waals surface area contributed by atoms with Gasteiger partial charge >= 0.3 is 0 Å². The highest BCUT2D eigenvalue weighted by Crippen LogP contribution is 2.10. The van der Waals surface area contributed by atoms with Crippen molar-refractivity contribution in [3.8, 4) is 0 Å². The lowest BCUT2D eigenvalue weighted by Gasteiger charge is -2.04. The Labute approximate surface area is 107 Å². The summed E-state index contributed by atoms with van der Waals surface area (Å²) < 4.78 is 1.85. The van der Waals surface area contributed by atoms with Crippen LogP contribution in [0, 0.1) is 13.8 Å². The molecular formula is C14H19N3O. The lowest BCUT2D eigenvalue weighted by molar-refractivity contribution is 0.288. The molecule has 0 radical (unpaired) electrons. The SMILES string of the molecule is Cc1cc(C)cc(Cn2cc(CCCO)nn2)c1. The second-order valence-electron chi connectivity index (χ2n) is 4.73. The lowest BCUT2D eigenvalue weighted by Crippen LogP contribution is -2.01. The van der Waals surface area contributed by atoms with Gasteiger partial charge in [0.2, 0.25) is 0 Å². The van der Waals surface area contributed by atoms with Gasteiger partial charge in [-0.2, -0.15) is 0 Å². The Morgan fingerprint density at radius 3 is 2.56 bits per heavy atom. The molecule has 4 nitrogen and oxygen atoms in total. The van der Waals surface area contributed by atoms with Crippen molar-refractivity contribution in [2.45, 2.75) is 33.2 Å². The number of aryl methyl sites for hydroxylation is 3. The Morgan fingerprint density at radius 1 is 1.17 bits per heavy atom. The molecular weight excluding hydrogens is 226 g/mol. The van der Waals surface area contributed by atoms with Crippen LogP contribution in [0.3, 0.4) is 0 Å². The number of rotatable bonds is 5. The maximum absolute atomic E-state index is 8.78. The maximum atomic E-state index is 8.78. The summed E-state index contributed by atoms with van der Waals surface area (Å²) in [6.45, 7) is 5.15. The van der Waals surface area contributed by atoms with E-state index in [1.807, 2.05) is 10.9 Å². The molecule has 1 N–H and O–H groups in total. The summed E-state index contributed by atoms with van der Waals surface area (Å²) >= 11 is 0. The summed E-state index contributed by atoms with van der Waals surface area (Å²) in [5, 5.41) is 17.0. The first-order chi connectivity index (χ1) is 8.67. The second kappa shape index (κ2) is 5.78. The number of nitrogens with zero attached hydrogens (tertiary/aromatic N) is 3. The fourth-order valence-electron chi connectivity index (χ4n) is 2.14. The van der Waals surface area contributed by atoms with Gasteiger partial charge in [0.15, 0.2) is 0 Å². The van der Waals surface area contributed by atoms with Crippen LogP contribution in [0.1, 0.15) is 28.8 Å². The summed E-state index contributed by atoms with van der Waals surface area (Å²) in [4.78, 5) is 0. The fraction of sp³-hybridized carbons (Fsp3) is 0.429. The molecule has 0 spiro atoms. The number of benzene rings is 1. The Hall–Kier alpha value is -1.68. The largest absolute Gasteiger partial charge is 0.396 e. The predicted molar refractivity (Wildman–Crippen MR) is 70.4 cm³/mol. The minimum Gasteiger partial charge on any atom is -0.396 e. The van der Waals surface area contributed by atoms with E-state index in [2.05, 4.69) is 42.4 Å². The highest BCUT2D eigenvalue weighted by atomic mass is 16.2. The first kappa shape index (κ1) is 12.8. The molecule has 0 bridgehead atoms. The van der Waals surface area contributed by atoms with Gasteiger partial charge in [-0.15, -0.1) is 5.10 Å². The number of hydrogen-bond donors (Lipinski definition) is 1. The number of aromatic nitrogens is 3. The van der Waals surface area contributed by atoms with Crippen molar-refractivity contribution >= 4 is 0 Å². The Morgan fingerprint density at radius 2 is 1.89 bits per heavy atom. The van der Waals surface area contributed by atoms with Crippen LogP contribution < -0.4 is 0 Å². The Balaban J connectivity index is 2.06. The Kier molecular flexibility index (Phi) is 4.10. The number of aliphatic hydroxyl groups excluding tert-OH is 1. The van der Waals surface area contributed by atoms with E-state index >= 15 is 0 Å². The van der Waals surface area contributed by atoms with Crippen LogP contribution in [-0.2, 0) is 13.0 Å². The molecule has 0 atom stereocenters. The summed E-state index contributed by atoms with van der Waals surface area (Å²) in [6, 6.07) is 6.50. The monoisotopic (exact) mass is 245 g/mol. The summed E-state index contributed by atoms with van der Waals surface area (Å²) in [6.07, 6.45) is 3.47. The van der Waals surface area contributed by atoms with Crippen molar-refractivity contribution in [2.75, 3.05) is 6.61 Å². The summed E-state index contributed by atoms with van der Waals surface area (Å²) in [5.41, 5.74) is 4.72. The van der Waals surface area contributed by atoms with Gasteiger partial charge in [-0.05, 0) is 32.3 Å². The number of aliphatic hydroxyl groups is 1. The van der Waals surface area contributed by atoms with Gasteiger partial charge in [0.05, 0.1) is 12.2 Å². The topological polar surface area (TPSA) is 50.9 Å². The van der Waals surface area contributed by atoms with Gasteiger partial charge in [0, 0.05) is 12.8 Å². The van der Waals surface area contributed by atoms with Crippen molar-refractivity contribution in [1.82, 2.24) is 15.0 Å². The molecule has 0 saturated heterocycles. The van der Waals surface area contributed by atoms with Crippen molar-refractivity contribution < 1.29 is 5.11 Å². The molecule has 1 heterocycles. The van der Waals surface area contributed by atoms with E-state index in [4.69, 9.17) is 5.11 Å². The van der Waals surface area contributed by atoms with E-state index in [9.17, 15) is 0 Å². The molecule has 0 fully saturated rings. The molecule has 0 aliphatic rings. The average molecular weight is 245 g/mol. The van der Waals surface area contributed by atoms with Gasteiger partial charge in [0.1, 0.15) is 0 Å². The van der Waals surface area contributed by atoms with Gasteiger partial charge in [-0.25, -0.2) is 4.68 Å². The molecule has 96 valence electrons. The van der Waals surface area contributed by atoms with Crippen molar-refractivity contribution in [1.29, 1.82) is 0 Å². The van der Waals surface area contributed by atoms with Gasteiger partial charge in [-0.3, -0.25) is 0 Å². The molecule has 4 heteroatoms. The smallest absolute Gasteiger partial charge is 0.0828 e. The predicted octanol–water partition coefficient (Wildman–Crippen LogP) is 1.87. The first-order valence-corrected chi connectivity index (χ1v) is 6.24. The molecule has 0 amide bonds. The van der Waals surface area contributed by atoms with Crippen LogP contribution in [-0.4, -0.2) is 26.7 Å². The quantitative estimate of drug-likeness (QED) is 0.875. The van der Waals surface area contributed by atoms with Gasteiger partial charge in [-0.1, -0.05) is 34.5 Å². The third-order valence-electron chi connectivity index (χ3n) is 2.80. The molecule has 18 heavy (non-hydrogen) atoms. The molecule has 0 aliphatic carbocycles. The minimum atomic E-state index is 0.198. The van der Waals surface area contributed by atoms with E-state index < -0.39 is 0 Å². The van der Waals surface area contributed by atoms with E-state index in [1.54, 1.807) is 0 Å². The lowest BCUT2D eigenvalue weighted by atomic mass is 10.1. The van der Waals surface area contributed by atoms with E-state index in [1.165, 1.54) is 16.7 Å². The van der Waals surface area contributed by atoms with Crippen molar-refractivity contribution in [2.24, 2.45) is 0 Å². The molecule has 2 aromatic rings. The molecule has 1 aromatic heterocycles. The van der Waals surface area contributed by atoms with E-state index in [0.717, 1.165) is 25.1 Å². The summed E-state index contributed by atoms with van der Waals surface area (Å²) in [7, 11) is 0. The molecule has 0 aliphatic heterocycles. The Bertz CT molecular complexity index is 499. The van der Waals surface area contributed by atoms with Crippen molar-refractivity contribution in [3.63, 3.8) is 0 Å². The van der Waals surface area contributed by atoms with Crippen LogP contribution in [0.5, 0.6) is 0 Å². The molecule has 1 aromatic carbocycles.